The molecule has 0 aromatic heterocycles. The highest BCUT2D eigenvalue weighted by atomic mass is 16.7. The molecule has 14 heteroatoms. The molecule has 4 heterocycles. The highest BCUT2D eigenvalue weighted by Gasteiger charge is 2.57. The summed E-state index contributed by atoms with van der Waals surface area (Å²) in [4.78, 5) is 14.2. The number of aliphatic hydroxyl groups is 4. The lowest BCUT2D eigenvalue weighted by atomic mass is 9.78. The topological polar surface area (TPSA) is 186 Å². The molecule has 0 amide bonds. The quantitative estimate of drug-likeness (QED) is 0.161. The Bertz CT molecular complexity index is 1370. The molecule has 0 aromatic carbocycles. The first-order chi connectivity index (χ1) is 24.5. The van der Waals surface area contributed by atoms with Crippen LogP contribution in [0.25, 0.3) is 0 Å². The summed E-state index contributed by atoms with van der Waals surface area (Å²) < 4.78 is 45.0. The number of esters is 1. The third-order valence-corrected chi connectivity index (χ3v) is 12.7. The molecule has 14 nitrogen and oxygen atoms in total. The first kappa shape index (κ1) is 43.8. The van der Waals surface area contributed by atoms with Crippen molar-refractivity contribution in [3.05, 3.63) is 11.3 Å². The van der Waals surface area contributed by atoms with Crippen LogP contribution in [0.5, 0.6) is 0 Å². The summed E-state index contributed by atoms with van der Waals surface area (Å²) in [5.41, 5.74) is -3.14. The number of likely N-dealkylation sites (N-methyl/N-ethyl adjacent to an activating group) is 1. The molecule has 0 aromatic rings. The van der Waals surface area contributed by atoms with Gasteiger partial charge in [-0.15, -0.1) is 0 Å². The van der Waals surface area contributed by atoms with Crippen molar-refractivity contribution in [1.82, 2.24) is 0 Å². The zero-order valence-electron chi connectivity index (χ0n) is 34.1. The van der Waals surface area contributed by atoms with Crippen LogP contribution < -0.4 is 0 Å². The number of fused-ring (bicyclic) bond motifs is 2. The molecule has 2 bridgehead atoms. The number of quaternary nitrogens is 1. The fourth-order valence-corrected chi connectivity index (χ4v) is 9.21. The maximum atomic E-state index is 14.2. The summed E-state index contributed by atoms with van der Waals surface area (Å²) in [6.45, 7) is 17.9. The standard InChI is InChI=1S/C39H67N2O12/c1-14-27-39(10,46)32(43)22(4)30-20(2)18-38(9,53-30)34(52-36-29(42)26(17-21(3)48-36)41(11,12)16-15-40)23(5)31(24(6)35(45)50-27)51-28-19-37(8,47-13)33(44)25(7)49-28/h21-29,31-34,36,42-44,46H,14,16-19H2,1-13H3/q+1/t21-,22+,23+,24-,25+,26+,27-,28+,29-,31+,32-,33+,34-,36+,37-,38-,39-/m1/s1. The molecule has 0 unspecified atom stereocenters. The van der Waals surface area contributed by atoms with E-state index < -0.39 is 95.8 Å². The Morgan fingerprint density at radius 3 is 2.23 bits per heavy atom. The second-order valence-corrected chi connectivity index (χ2v) is 17.5. The third kappa shape index (κ3) is 8.60. The SMILES string of the molecule is CC[C@H]1OC(=O)[C@H](C)[C@@H](O[C@H]2C[C@@](C)(OC)[C@@H](O)[C@H](C)O2)[C@H](C)[C@@H](O[C@@H]2O[C@H](C)C[C@H]([N+](C)(C)CC#N)[C@H]2O)[C@@]2(C)CC(C)=C(O2)[C@H](C)[C@@H](O)[C@]1(C)O. The van der Waals surface area contributed by atoms with Crippen molar-refractivity contribution in [2.24, 2.45) is 17.8 Å². The van der Waals surface area contributed by atoms with E-state index in [1.165, 1.54) is 14.0 Å². The lowest BCUT2D eigenvalue weighted by Gasteiger charge is -2.49. The maximum Gasteiger partial charge on any atom is 0.311 e. The average molecular weight is 756 g/mol. The third-order valence-electron chi connectivity index (χ3n) is 12.7. The number of carbonyl (C=O) groups excluding carboxylic acids is 1. The predicted molar refractivity (Wildman–Crippen MR) is 193 cm³/mol. The molecule has 3 saturated heterocycles. The van der Waals surface area contributed by atoms with Crippen LogP contribution in [0, 0.1) is 29.1 Å². The monoisotopic (exact) mass is 755 g/mol. The van der Waals surface area contributed by atoms with Gasteiger partial charge in [0, 0.05) is 38.2 Å². The van der Waals surface area contributed by atoms with Crippen LogP contribution >= 0.6 is 0 Å². The Labute approximate surface area is 315 Å². The number of rotatable bonds is 8. The molecule has 0 saturated carbocycles. The largest absolute Gasteiger partial charge is 0.489 e. The molecule has 0 spiro atoms. The Morgan fingerprint density at radius 2 is 1.64 bits per heavy atom. The van der Waals surface area contributed by atoms with Crippen LogP contribution in [0.4, 0.5) is 0 Å². The van der Waals surface area contributed by atoms with Crippen molar-refractivity contribution in [1.29, 1.82) is 5.26 Å². The van der Waals surface area contributed by atoms with Crippen LogP contribution in [0.15, 0.2) is 11.3 Å². The lowest BCUT2D eigenvalue weighted by Crippen LogP contribution is -2.64. The second-order valence-electron chi connectivity index (χ2n) is 17.5. The number of hydrogen-bond acceptors (Lipinski definition) is 13. The molecular formula is C39H67N2O12+. The van der Waals surface area contributed by atoms with Gasteiger partial charge in [-0.05, 0) is 60.5 Å². The van der Waals surface area contributed by atoms with Gasteiger partial charge in [0.1, 0.15) is 47.4 Å². The van der Waals surface area contributed by atoms with Crippen molar-refractivity contribution in [3.63, 3.8) is 0 Å². The summed E-state index contributed by atoms with van der Waals surface area (Å²) >= 11 is 0. The molecule has 0 aliphatic carbocycles. The number of nitrogens with zero attached hydrogens (tertiary/aromatic N) is 2. The molecule has 4 aliphatic rings. The minimum absolute atomic E-state index is 0.148. The van der Waals surface area contributed by atoms with E-state index in [-0.39, 0.29) is 36.0 Å². The zero-order valence-corrected chi connectivity index (χ0v) is 34.1. The first-order valence-electron chi connectivity index (χ1n) is 19.2. The van der Waals surface area contributed by atoms with E-state index in [0.29, 0.717) is 18.6 Å². The number of carbonyl (C=O) groups is 1. The van der Waals surface area contributed by atoms with E-state index in [9.17, 15) is 30.5 Å². The van der Waals surface area contributed by atoms with Gasteiger partial charge in [-0.25, -0.2) is 0 Å². The Balaban J connectivity index is 1.85. The fourth-order valence-electron chi connectivity index (χ4n) is 9.21. The van der Waals surface area contributed by atoms with Crippen LogP contribution in [0.1, 0.15) is 94.9 Å². The molecule has 4 aliphatic heterocycles. The van der Waals surface area contributed by atoms with E-state index in [0.717, 1.165) is 5.57 Å². The van der Waals surface area contributed by atoms with E-state index in [1.54, 1.807) is 34.6 Å². The fraction of sp³-hybridized carbons (Fsp3) is 0.897. The van der Waals surface area contributed by atoms with Crippen molar-refractivity contribution in [3.8, 4) is 6.07 Å². The maximum absolute atomic E-state index is 14.2. The molecule has 17 atom stereocenters. The van der Waals surface area contributed by atoms with Crippen LogP contribution in [-0.4, -0.2) is 143 Å². The van der Waals surface area contributed by atoms with E-state index >= 15 is 0 Å². The highest BCUT2D eigenvalue weighted by molar-refractivity contribution is 5.73. The van der Waals surface area contributed by atoms with Gasteiger partial charge < -0.3 is 58.1 Å². The van der Waals surface area contributed by atoms with Gasteiger partial charge in [0.15, 0.2) is 25.2 Å². The number of ether oxygens (including phenoxy) is 7. The van der Waals surface area contributed by atoms with Gasteiger partial charge in [0.25, 0.3) is 0 Å². The summed E-state index contributed by atoms with van der Waals surface area (Å²) in [6, 6.07) is 1.84. The van der Waals surface area contributed by atoms with Crippen molar-refractivity contribution >= 4 is 5.97 Å². The van der Waals surface area contributed by atoms with Gasteiger partial charge in [-0.1, -0.05) is 20.8 Å². The minimum Gasteiger partial charge on any atom is -0.489 e. The van der Waals surface area contributed by atoms with Crippen molar-refractivity contribution < 1.29 is 62.9 Å². The van der Waals surface area contributed by atoms with E-state index in [2.05, 4.69) is 6.07 Å². The number of nitriles is 1. The number of hydrogen-bond donors (Lipinski definition) is 4. The van der Waals surface area contributed by atoms with Crippen LogP contribution in [0.3, 0.4) is 0 Å². The first-order valence-corrected chi connectivity index (χ1v) is 19.2. The molecular weight excluding hydrogens is 688 g/mol. The average Bonchev–Trinajstić information content (AvgIpc) is 3.40. The van der Waals surface area contributed by atoms with Crippen LogP contribution in [-0.2, 0) is 38.0 Å². The zero-order chi connectivity index (χ0) is 40.0. The summed E-state index contributed by atoms with van der Waals surface area (Å²) in [5.74, 6) is -2.49. The van der Waals surface area contributed by atoms with Gasteiger partial charge >= 0.3 is 5.97 Å². The van der Waals surface area contributed by atoms with Crippen LogP contribution in [0.2, 0.25) is 0 Å². The molecule has 3 fully saturated rings. The van der Waals surface area contributed by atoms with E-state index in [4.69, 9.17) is 33.2 Å². The molecule has 304 valence electrons. The Kier molecular flexibility index (Phi) is 13.5. The number of methoxy groups -OCH3 is 1. The Morgan fingerprint density at radius 1 is 1.00 bits per heavy atom. The number of cyclic esters (lactones) is 1. The molecule has 4 rings (SSSR count). The summed E-state index contributed by atoms with van der Waals surface area (Å²) in [5, 5.41) is 55.9. The lowest BCUT2D eigenvalue weighted by molar-refractivity contribution is -0.915. The van der Waals surface area contributed by atoms with Crippen molar-refractivity contribution in [2.45, 2.75) is 179 Å². The number of aliphatic hydroxyl groups excluding tert-OH is 3. The van der Waals surface area contributed by atoms with E-state index in [1.807, 2.05) is 41.8 Å². The van der Waals surface area contributed by atoms with Gasteiger partial charge in [-0.2, -0.15) is 5.26 Å². The Hall–Kier alpha value is -1.90. The smallest absolute Gasteiger partial charge is 0.311 e. The summed E-state index contributed by atoms with van der Waals surface area (Å²) in [6.07, 6.45) is -8.16. The predicted octanol–water partition coefficient (Wildman–Crippen LogP) is 2.93. The normalized spacial score (nSPS) is 47.4. The molecule has 0 radical (unpaired) electrons. The highest BCUT2D eigenvalue weighted by Crippen LogP contribution is 2.47. The van der Waals surface area contributed by atoms with Gasteiger partial charge in [-0.3, -0.25) is 4.79 Å². The molecule has 4 N–H and O–H groups in total. The van der Waals surface area contributed by atoms with Gasteiger partial charge in [0.05, 0.1) is 50.0 Å². The van der Waals surface area contributed by atoms with Crippen molar-refractivity contribution in [2.75, 3.05) is 27.7 Å². The van der Waals surface area contributed by atoms with Gasteiger partial charge in [0.2, 0.25) is 0 Å². The summed E-state index contributed by atoms with van der Waals surface area (Å²) in [7, 11) is 5.31. The minimum atomic E-state index is -1.84. The second kappa shape index (κ2) is 16.3. The molecule has 53 heavy (non-hydrogen) atoms.